The van der Waals surface area contributed by atoms with Gasteiger partial charge in [0.15, 0.2) is 0 Å². The summed E-state index contributed by atoms with van der Waals surface area (Å²) < 4.78 is 0. The molecule has 1 aromatic rings. The van der Waals surface area contributed by atoms with E-state index in [4.69, 9.17) is 5.11 Å². The highest BCUT2D eigenvalue weighted by Gasteiger charge is 2.51. The van der Waals surface area contributed by atoms with Crippen molar-refractivity contribution in [1.29, 1.82) is 0 Å². The number of carboxylic acids is 1. The molecular weight excluding hydrogens is 346 g/mol. The summed E-state index contributed by atoms with van der Waals surface area (Å²) in [4.78, 5) is 13.5. The van der Waals surface area contributed by atoms with Crippen molar-refractivity contribution in [3.05, 3.63) is 34.9 Å². The van der Waals surface area contributed by atoms with Crippen LogP contribution in [0.3, 0.4) is 0 Å². The summed E-state index contributed by atoms with van der Waals surface area (Å²) >= 11 is 0. The second-order valence-electron chi connectivity index (χ2n) is 10.1. The molecule has 0 bridgehead atoms. The van der Waals surface area contributed by atoms with E-state index < -0.39 is 5.97 Å². The summed E-state index contributed by atoms with van der Waals surface area (Å²) in [6.07, 6.45) is 9.24. The number of carboxylic acid groups (broad SMARTS) is 1. The van der Waals surface area contributed by atoms with Crippen molar-refractivity contribution in [3.63, 3.8) is 0 Å². The van der Waals surface area contributed by atoms with Crippen molar-refractivity contribution in [1.82, 2.24) is 4.90 Å². The van der Waals surface area contributed by atoms with E-state index in [1.54, 1.807) is 0 Å². The predicted molar refractivity (Wildman–Crippen MR) is 110 cm³/mol. The summed E-state index contributed by atoms with van der Waals surface area (Å²) in [7, 11) is 0. The summed E-state index contributed by atoms with van der Waals surface area (Å²) in [5.74, 6) is 7.77. The molecule has 0 radical (unpaired) electrons. The second kappa shape index (κ2) is 6.92. The van der Waals surface area contributed by atoms with Crippen molar-refractivity contribution in [2.45, 2.75) is 64.3 Å². The lowest BCUT2D eigenvalue weighted by molar-refractivity contribution is -0.150. The molecule has 0 unspecified atom stereocenters. The molecule has 3 aliphatic carbocycles. The lowest BCUT2D eigenvalue weighted by Crippen LogP contribution is -2.63. The summed E-state index contributed by atoms with van der Waals surface area (Å²) in [5.41, 5.74) is 4.60. The third-order valence-corrected chi connectivity index (χ3v) is 7.83. The lowest BCUT2D eigenvalue weighted by atomic mass is 9.71. The van der Waals surface area contributed by atoms with E-state index in [0.717, 1.165) is 31.8 Å². The quantitative estimate of drug-likeness (QED) is 0.788. The van der Waals surface area contributed by atoms with E-state index in [2.05, 4.69) is 41.9 Å². The molecule has 0 atom stereocenters. The summed E-state index contributed by atoms with van der Waals surface area (Å²) in [5, 5.41) is 9.08. The molecule has 3 heteroatoms. The van der Waals surface area contributed by atoms with Crippen molar-refractivity contribution in [2.75, 3.05) is 13.1 Å². The van der Waals surface area contributed by atoms with Gasteiger partial charge in [-0.15, -0.1) is 0 Å². The SMILES string of the molecule is CC1CCC(C#Cc2ccc3c(c2)CC2(C3)CN(C3CC(C(=O)O)C3)C2)CC1. The van der Waals surface area contributed by atoms with E-state index in [1.165, 1.54) is 55.2 Å². The molecular formula is C25H31NO2. The molecule has 5 rings (SSSR count). The van der Waals surface area contributed by atoms with Gasteiger partial charge in [0.25, 0.3) is 0 Å². The molecule has 1 aromatic carbocycles. The number of hydrogen-bond donors (Lipinski definition) is 1. The van der Waals surface area contributed by atoms with E-state index in [1.807, 2.05) is 0 Å². The van der Waals surface area contributed by atoms with Gasteiger partial charge in [0.1, 0.15) is 0 Å². The van der Waals surface area contributed by atoms with Crippen LogP contribution in [0, 0.1) is 35.0 Å². The average Bonchev–Trinajstić information content (AvgIpc) is 2.98. The van der Waals surface area contributed by atoms with Gasteiger partial charge in [-0.05, 0) is 80.5 Å². The third-order valence-electron chi connectivity index (χ3n) is 7.83. The molecule has 4 aliphatic rings. The molecule has 1 heterocycles. The Hall–Kier alpha value is -1.79. The Kier molecular flexibility index (Phi) is 4.51. The Bertz CT molecular complexity index is 828. The molecule has 0 aromatic heterocycles. The number of hydrogen-bond acceptors (Lipinski definition) is 2. The smallest absolute Gasteiger partial charge is 0.306 e. The normalized spacial score (nSPS) is 33.3. The van der Waals surface area contributed by atoms with Crippen LogP contribution in [0.2, 0.25) is 0 Å². The zero-order chi connectivity index (χ0) is 19.3. The first kappa shape index (κ1) is 18.3. The highest BCUT2D eigenvalue weighted by atomic mass is 16.4. The minimum absolute atomic E-state index is 0.101. The first-order valence-corrected chi connectivity index (χ1v) is 11.1. The molecule has 1 aliphatic heterocycles. The molecule has 1 saturated heterocycles. The Morgan fingerprint density at radius 3 is 2.54 bits per heavy atom. The molecule has 2 saturated carbocycles. The molecule has 28 heavy (non-hydrogen) atoms. The van der Waals surface area contributed by atoms with Crippen molar-refractivity contribution >= 4 is 5.97 Å². The number of carbonyl (C=O) groups is 1. The summed E-state index contributed by atoms with van der Waals surface area (Å²) in [6.45, 7) is 4.64. The van der Waals surface area contributed by atoms with Gasteiger partial charge in [-0.2, -0.15) is 0 Å². The number of fused-ring (bicyclic) bond motifs is 1. The zero-order valence-corrected chi connectivity index (χ0v) is 16.9. The lowest BCUT2D eigenvalue weighted by Gasteiger charge is -2.55. The minimum atomic E-state index is -0.615. The van der Waals surface area contributed by atoms with Gasteiger partial charge in [-0.25, -0.2) is 0 Å². The molecule has 3 fully saturated rings. The zero-order valence-electron chi connectivity index (χ0n) is 16.9. The van der Waals surface area contributed by atoms with Gasteiger partial charge in [0, 0.05) is 36.0 Å². The van der Waals surface area contributed by atoms with Gasteiger partial charge in [0.05, 0.1) is 5.92 Å². The molecule has 1 N–H and O–H groups in total. The highest BCUT2D eigenvalue weighted by Crippen LogP contribution is 2.47. The van der Waals surface area contributed by atoms with E-state index >= 15 is 0 Å². The molecule has 1 spiro atoms. The fourth-order valence-corrected chi connectivity index (χ4v) is 5.89. The van der Waals surface area contributed by atoms with Crippen LogP contribution in [-0.4, -0.2) is 35.1 Å². The van der Waals surface area contributed by atoms with Gasteiger partial charge in [-0.1, -0.05) is 24.8 Å². The van der Waals surface area contributed by atoms with Crippen molar-refractivity contribution < 1.29 is 9.90 Å². The van der Waals surface area contributed by atoms with E-state index in [0.29, 0.717) is 17.4 Å². The van der Waals surface area contributed by atoms with Gasteiger partial charge >= 0.3 is 5.97 Å². The van der Waals surface area contributed by atoms with Crippen molar-refractivity contribution in [3.8, 4) is 11.8 Å². The molecule has 3 nitrogen and oxygen atoms in total. The maximum absolute atomic E-state index is 11.0. The third kappa shape index (κ3) is 3.37. The number of likely N-dealkylation sites (tertiary alicyclic amines) is 1. The fourth-order valence-electron chi connectivity index (χ4n) is 5.89. The monoisotopic (exact) mass is 377 g/mol. The minimum Gasteiger partial charge on any atom is -0.481 e. The maximum Gasteiger partial charge on any atom is 0.306 e. The summed E-state index contributed by atoms with van der Waals surface area (Å²) in [6, 6.07) is 7.38. The van der Waals surface area contributed by atoms with Crippen LogP contribution in [0.4, 0.5) is 0 Å². The van der Waals surface area contributed by atoms with E-state index in [-0.39, 0.29) is 5.92 Å². The van der Waals surface area contributed by atoms with Crippen LogP contribution in [0.1, 0.15) is 62.1 Å². The largest absolute Gasteiger partial charge is 0.481 e. The second-order valence-corrected chi connectivity index (χ2v) is 10.1. The number of aliphatic carboxylic acids is 1. The predicted octanol–water partition coefficient (Wildman–Crippen LogP) is 4.13. The van der Waals surface area contributed by atoms with Crippen molar-refractivity contribution in [2.24, 2.45) is 23.2 Å². The average molecular weight is 378 g/mol. The number of rotatable bonds is 2. The Labute approximate surface area is 168 Å². The van der Waals surface area contributed by atoms with Crippen LogP contribution in [-0.2, 0) is 17.6 Å². The molecule has 0 amide bonds. The Morgan fingerprint density at radius 1 is 1.11 bits per heavy atom. The highest BCUT2D eigenvalue weighted by molar-refractivity contribution is 5.71. The Balaban J connectivity index is 1.18. The molecule has 148 valence electrons. The van der Waals surface area contributed by atoms with Gasteiger partial charge in [0.2, 0.25) is 0 Å². The van der Waals surface area contributed by atoms with Gasteiger partial charge in [-0.3, -0.25) is 9.69 Å². The number of benzene rings is 1. The van der Waals surface area contributed by atoms with Crippen LogP contribution >= 0.6 is 0 Å². The van der Waals surface area contributed by atoms with Crippen LogP contribution in [0.25, 0.3) is 0 Å². The van der Waals surface area contributed by atoms with Crippen LogP contribution < -0.4 is 0 Å². The standard InChI is InChI=1S/C25H31NO2/c1-17-2-4-18(5-3-17)6-7-19-8-9-20-13-25(14-22(20)10-19)15-26(16-25)23-11-21(12-23)24(27)28/h8-10,17-18,21,23H,2-5,11-16H2,1H3,(H,27,28). The maximum atomic E-state index is 11.0. The Morgan fingerprint density at radius 2 is 1.82 bits per heavy atom. The van der Waals surface area contributed by atoms with Crippen LogP contribution in [0.5, 0.6) is 0 Å². The van der Waals surface area contributed by atoms with Crippen LogP contribution in [0.15, 0.2) is 18.2 Å². The fraction of sp³-hybridized carbons (Fsp3) is 0.640. The topological polar surface area (TPSA) is 40.5 Å². The first-order chi connectivity index (χ1) is 13.5. The number of nitrogens with zero attached hydrogens (tertiary/aromatic N) is 1. The van der Waals surface area contributed by atoms with Gasteiger partial charge < -0.3 is 5.11 Å². The first-order valence-electron chi connectivity index (χ1n) is 11.1. The van der Waals surface area contributed by atoms with E-state index in [9.17, 15) is 4.79 Å².